The Bertz CT molecular complexity index is 920. The lowest BCUT2D eigenvalue weighted by Gasteiger charge is -2.28. The van der Waals surface area contributed by atoms with Crippen LogP contribution in [0.1, 0.15) is 23.6 Å². The second-order valence-corrected chi connectivity index (χ2v) is 6.98. The summed E-state index contributed by atoms with van der Waals surface area (Å²) in [6, 6.07) is 7.44. The minimum atomic E-state index is -4.81. The lowest BCUT2D eigenvalue weighted by Crippen LogP contribution is -2.30. The van der Waals surface area contributed by atoms with E-state index in [2.05, 4.69) is 4.74 Å². The highest BCUT2D eigenvalue weighted by Gasteiger charge is 2.43. The van der Waals surface area contributed by atoms with Crippen LogP contribution in [-0.2, 0) is 11.3 Å². The summed E-state index contributed by atoms with van der Waals surface area (Å²) < 4.78 is 65.9. The maximum atomic E-state index is 14.4. The minimum Gasteiger partial charge on any atom is -0.496 e. The van der Waals surface area contributed by atoms with Gasteiger partial charge in [-0.05, 0) is 29.8 Å². The summed E-state index contributed by atoms with van der Waals surface area (Å²) >= 11 is 6.20. The third kappa shape index (κ3) is 4.56. The molecule has 1 heterocycles. The average molecular weight is 448 g/mol. The zero-order valence-corrected chi connectivity index (χ0v) is 16.8. The number of amides is 1. The van der Waals surface area contributed by atoms with Gasteiger partial charge >= 0.3 is 6.36 Å². The fraction of sp³-hybridized carbons (Fsp3) is 0.350. The molecular weight excluding hydrogens is 430 g/mol. The summed E-state index contributed by atoms with van der Waals surface area (Å²) in [6.07, 6.45) is -6.68. The number of likely N-dealkylation sites (tertiary alicyclic amines) is 1. The Balaban J connectivity index is 1.92. The highest BCUT2D eigenvalue weighted by atomic mass is 35.5. The van der Waals surface area contributed by atoms with Crippen LogP contribution >= 0.6 is 11.6 Å². The van der Waals surface area contributed by atoms with Crippen LogP contribution in [0, 0.1) is 0 Å². The van der Waals surface area contributed by atoms with Crippen LogP contribution < -0.4 is 14.2 Å². The molecule has 1 fully saturated rings. The molecule has 1 aliphatic rings. The number of nitrogens with zero attached hydrogens (tertiary/aromatic N) is 1. The van der Waals surface area contributed by atoms with Crippen LogP contribution in [0.5, 0.6) is 17.2 Å². The molecular formula is C20H18ClF4NO4. The number of ether oxygens (including phenoxy) is 3. The van der Waals surface area contributed by atoms with Crippen molar-refractivity contribution in [3.05, 3.63) is 52.5 Å². The zero-order valence-electron chi connectivity index (χ0n) is 16.0. The van der Waals surface area contributed by atoms with Gasteiger partial charge in [0.15, 0.2) is 6.17 Å². The standard InChI is InChI=1S/C20H18ClF4NO4/c1-28-16-8-7-13(21)18(29-2)17(16)15-9-14(22)19(27)26(15)10-11-3-5-12(6-4-11)30-20(23,24)25/h3-8,14-15H,9-10H2,1-2H3. The van der Waals surface area contributed by atoms with E-state index >= 15 is 0 Å². The molecule has 162 valence electrons. The fourth-order valence-corrected chi connectivity index (χ4v) is 3.71. The van der Waals surface area contributed by atoms with Gasteiger partial charge in [0, 0.05) is 13.0 Å². The number of rotatable bonds is 6. The summed E-state index contributed by atoms with van der Waals surface area (Å²) in [5.41, 5.74) is 0.926. The topological polar surface area (TPSA) is 48.0 Å². The molecule has 1 amide bonds. The lowest BCUT2D eigenvalue weighted by atomic mass is 10.0. The highest BCUT2D eigenvalue weighted by molar-refractivity contribution is 6.32. The fourth-order valence-electron chi connectivity index (χ4n) is 3.47. The lowest BCUT2D eigenvalue weighted by molar-refractivity contribution is -0.274. The molecule has 0 aromatic heterocycles. The van der Waals surface area contributed by atoms with E-state index in [0.29, 0.717) is 16.9 Å². The van der Waals surface area contributed by atoms with Crippen LogP contribution in [0.3, 0.4) is 0 Å². The Morgan fingerprint density at radius 3 is 2.33 bits per heavy atom. The quantitative estimate of drug-likeness (QED) is 0.580. The SMILES string of the molecule is COc1ccc(Cl)c(OC)c1C1CC(F)C(=O)N1Cc1ccc(OC(F)(F)F)cc1. The summed E-state index contributed by atoms with van der Waals surface area (Å²) in [5.74, 6) is -0.485. The van der Waals surface area contributed by atoms with Crippen molar-refractivity contribution in [3.63, 3.8) is 0 Å². The molecule has 0 saturated carbocycles. The van der Waals surface area contributed by atoms with E-state index in [1.165, 1.54) is 31.3 Å². The van der Waals surface area contributed by atoms with E-state index in [0.717, 1.165) is 12.1 Å². The van der Waals surface area contributed by atoms with E-state index in [1.54, 1.807) is 12.1 Å². The van der Waals surface area contributed by atoms with Crippen molar-refractivity contribution < 1.29 is 36.6 Å². The van der Waals surface area contributed by atoms with Gasteiger partial charge in [-0.2, -0.15) is 0 Å². The van der Waals surface area contributed by atoms with Crippen LogP contribution in [0.4, 0.5) is 17.6 Å². The molecule has 3 rings (SSSR count). The zero-order chi connectivity index (χ0) is 22.1. The van der Waals surface area contributed by atoms with Crippen molar-refractivity contribution >= 4 is 17.5 Å². The summed E-state index contributed by atoms with van der Waals surface area (Å²) in [7, 11) is 2.83. The Labute approximate surface area is 175 Å². The number of halogens is 5. The largest absolute Gasteiger partial charge is 0.573 e. The molecule has 2 aromatic rings. The molecule has 1 aliphatic heterocycles. The number of alkyl halides is 4. The predicted octanol–water partition coefficient (Wildman–Crippen LogP) is 5.07. The second-order valence-electron chi connectivity index (χ2n) is 6.57. The van der Waals surface area contributed by atoms with Crippen molar-refractivity contribution in [2.24, 2.45) is 0 Å². The number of carbonyl (C=O) groups excluding carboxylic acids is 1. The molecule has 5 nitrogen and oxygen atoms in total. The van der Waals surface area contributed by atoms with Crippen LogP contribution in [-0.4, -0.2) is 37.6 Å². The smallest absolute Gasteiger partial charge is 0.496 e. The maximum absolute atomic E-state index is 14.4. The Kier molecular flexibility index (Phi) is 6.30. The first-order valence-electron chi connectivity index (χ1n) is 8.84. The predicted molar refractivity (Wildman–Crippen MR) is 100 cm³/mol. The molecule has 0 spiro atoms. The Hall–Kier alpha value is -2.68. The van der Waals surface area contributed by atoms with Crippen LogP contribution in [0.2, 0.25) is 5.02 Å². The van der Waals surface area contributed by atoms with Crippen molar-refractivity contribution in [2.45, 2.75) is 31.5 Å². The third-order valence-electron chi connectivity index (χ3n) is 4.73. The molecule has 0 N–H and O–H groups in total. The van der Waals surface area contributed by atoms with Crippen molar-refractivity contribution in [3.8, 4) is 17.2 Å². The molecule has 2 atom stereocenters. The number of hydrogen-bond acceptors (Lipinski definition) is 4. The molecule has 10 heteroatoms. The molecule has 1 saturated heterocycles. The molecule has 2 aromatic carbocycles. The van der Waals surface area contributed by atoms with Gasteiger partial charge in [0.1, 0.15) is 17.2 Å². The van der Waals surface area contributed by atoms with E-state index < -0.39 is 30.2 Å². The van der Waals surface area contributed by atoms with Gasteiger partial charge < -0.3 is 19.1 Å². The van der Waals surface area contributed by atoms with Crippen molar-refractivity contribution in [1.29, 1.82) is 0 Å². The Morgan fingerprint density at radius 1 is 1.10 bits per heavy atom. The third-order valence-corrected chi connectivity index (χ3v) is 5.03. The molecule has 30 heavy (non-hydrogen) atoms. The minimum absolute atomic E-state index is 0.0327. The molecule has 0 radical (unpaired) electrons. The van der Waals surface area contributed by atoms with E-state index in [-0.39, 0.29) is 23.7 Å². The second kappa shape index (κ2) is 8.59. The first-order valence-corrected chi connectivity index (χ1v) is 9.22. The first kappa shape index (κ1) is 22.0. The Morgan fingerprint density at radius 2 is 1.77 bits per heavy atom. The van der Waals surface area contributed by atoms with E-state index in [1.807, 2.05) is 0 Å². The van der Waals surface area contributed by atoms with Crippen molar-refractivity contribution in [2.75, 3.05) is 14.2 Å². The van der Waals surface area contributed by atoms with Gasteiger partial charge in [-0.15, -0.1) is 13.2 Å². The number of benzene rings is 2. The van der Waals surface area contributed by atoms with Gasteiger partial charge in [-0.25, -0.2) is 4.39 Å². The number of carbonyl (C=O) groups is 1. The summed E-state index contributed by atoms with van der Waals surface area (Å²) in [6.45, 7) is -0.0327. The highest BCUT2D eigenvalue weighted by Crippen LogP contribution is 2.46. The molecule has 0 bridgehead atoms. The van der Waals surface area contributed by atoms with Gasteiger partial charge in [-0.1, -0.05) is 23.7 Å². The van der Waals surface area contributed by atoms with E-state index in [9.17, 15) is 22.4 Å². The van der Waals surface area contributed by atoms with Crippen LogP contribution in [0.25, 0.3) is 0 Å². The summed E-state index contributed by atoms with van der Waals surface area (Å²) in [5, 5.41) is 0.275. The maximum Gasteiger partial charge on any atom is 0.573 e. The van der Waals surface area contributed by atoms with Gasteiger partial charge in [0.2, 0.25) is 0 Å². The average Bonchev–Trinajstić information content (AvgIpc) is 2.96. The van der Waals surface area contributed by atoms with Crippen LogP contribution in [0.15, 0.2) is 36.4 Å². The van der Waals surface area contributed by atoms with Gasteiger partial charge in [-0.3, -0.25) is 4.79 Å². The molecule has 2 unspecified atom stereocenters. The summed E-state index contributed by atoms with van der Waals surface area (Å²) in [4.78, 5) is 13.8. The molecule has 0 aliphatic carbocycles. The van der Waals surface area contributed by atoms with Crippen molar-refractivity contribution in [1.82, 2.24) is 4.90 Å². The monoisotopic (exact) mass is 447 g/mol. The number of methoxy groups -OCH3 is 2. The van der Waals surface area contributed by atoms with Gasteiger partial charge in [0.05, 0.1) is 30.8 Å². The van der Waals surface area contributed by atoms with Gasteiger partial charge in [0.25, 0.3) is 5.91 Å². The normalized spacial score (nSPS) is 19.2. The number of hydrogen-bond donors (Lipinski definition) is 0. The van der Waals surface area contributed by atoms with E-state index in [4.69, 9.17) is 21.1 Å². The first-order chi connectivity index (χ1) is 14.1.